The minimum Gasteiger partial charge on any atom is -0.481 e. The molecule has 1 aliphatic carbocycles. The molecule has 0 spiro atoms. The molecule has 1 aliphatic rings. The maximum atomic E-state index is 12.0. The molecule has 1 fully saturated rings. The molecule has 0 unspecified atom stereocenters. The minimum absolute atomic E-state index is 0.00641. The Kier molecular flexibility index (Phi) is 6.10. The molecule has 0 radical (unpaired) electrons. The highest BCUT2D eigenvalue weighted by atomic mass is 16.5. The molecule has 4 aromatic rings. The molecule has 0 bridgehead atoms. The van der Waals surface area contributed by atoms with Gasteiger partial charge in [-0.15, -0.1) is 10.2 Å². The van der Waals surface area contributed by atoms with E-state index in [1.807, 2.05) is 35.0 Å². The second kappa shape index (κ2) is 9.50. The van der Waals surface area contributed by atoms with Crippen LogP contribution in [0.2, 0.25) is 0 Å². The van der Waals surface area contributed by atoms with Gasteiger partial charge in [-0.05, 0) is 31.0 Å². The van der Waals surface area contributed by atoms with Crippen LogP contribution in [0.3, 0.4) is 0 Å². The van der Waals surface area contributed by atoms with Gasteiger partial charge in [-0.1, -0.05) is 18.9 Å². The zero-order chi connectivity index (χ0) is 24.4. The normalized spacial score (nSPS) is 17.8. The number of nitrogens with zero attached hydrogens (tertiary/aromatic N) is 6. The van der Waals surface area contributed by atoms with E-state index in [1.165, 1.54) is 0 Å². The number of carbonyl (C=O) groups excluding carboxylic acids is 1. The van der Waals surface area contributed by atoms with Crippen molar-refractivity contribution >= 4 is 34.3 Å². The number of fused-ring (bicyclic) bond motifs is 1. The van der Waals surface area contributed by atoms with Crippen LogP contribution in [-0.4, -0.2) is 54.8 Å². The molecule has 0 saturated heterocycles. The standard InChI is InChI=1S/C23H26N10O2/c1-35-18-9-11-26-23(29-18)33-12-10-13-15(7-4-8-17(13)33)27-21-19(20(25)34)31-32-22(30-21)28-16-6-3-2-5-14(16)24/h4,7-12,14,16H,2-3,5-6,24H2,1H3,(H2,25,34)(H2,27,28,30,32)/t14-,16+/m0/s1. The molecule has 35 heavy (non-hydrogen) atoms. The number of amides is 1. The number of hydrogen-bond acceptors (Lipinski definition) is 10. The Morgan fingerprint density at radius 1 is 1.14 bits per heavy atom. The van der Waals surface area contributed by atoms with E-state index in [9.17, 15) is 4.79 Å². The first kappa shape index (κ1) is 22.5. The molecule has 0 aliphatic heterocycles. The van der Waals surface area contributed by atoms with Crippen molar-refractivity contribution in [3.63, 3.8) is 0 Å². The third kappa shape index (κ3) is 4.55. The van der Waals surface area contributed by atoms with Gasteiger partial charge < -0.3 is 26.8 Å². The molecule has 12 heteroatoms. The average Bonchev–Trinajstić information content (AvgIpc) is 3.31. The summed E-state index contributed by atoms with van der Waals surface area (Å²) in [6.07, 6.45) is 7.54. The number of nitrogens with one attached hydrogen (secondary N) is 2. The third-order valence-electron chi connectivity index (χ3n) is 6.08. The zero-order valence-corrected chi connectivity index (χ0v) is 19.2. The van der Waals surface area contributed by atoms with Gasteiger partial charge >= 0.3 is 0 Å². The Balaban J connectivity index is 1.49. The lowest BCUT2D eigenvalue weighted by Gasteiger charge is -2.29. The van der Waals surface area contributed by atoms with E-state index in [2.05, 4.69) is 35.8 Å². The number of benzene rings is 1. The van der Waals surface area contributed by atoms with Crippen LogP contribution in [0.1, 0.15) is 36.2 Å². The van der Waals surface area contributed by atoms with E-state index in [0.717, 1.165) is 36.6 Å². The lowest BCUT2D eigenvalue weighted by molar-refractivity contribution is 0.0995. The molecule has 180 valence electrons. The maximum absolute atomic E-state index is 12.0. The van der Waals surface area contributed by atoms with Crippen LogP contribution in [-0.2, 0) is 0 Å². The van der Waals surface area contributed by atoms with Crippen molar-refractivity contribution in [2.24, 2.45) is 11.5 Å². The summed E-state index contributed by atoms with van der Waals surface area (Å²) in [5, 5.41) is 15.4. The molecular weight excluding hydrogens is 448 g/mol. The quantitative estimate of drug-likeness (QED) is 0.311. The van der Waals surface area contributed by atoms with Crippen LogP contribution in [0, 0.1) is 0 Å². The first-order chi connectivity index (χ1) is 17.0. The number of aromatic nitrogens is 6. The molecule has 6 N–H and O–H groups in total. The van der Waals surface area contributed by atoms with Crippen molar-refractivity contribution in [1.82, 2.24) is 29.7 Å². The molecule has 12 nitrogen and oxygen atoms in total. The van der Waals surface area contributed by atoms with E-state index < -0.39 is 5.91 Å². The fourth-order valence-electron chi connectivity index (χ4n) is 4.29. The van der Waals surface area contributed by atoms with Gasteiger partial charge in [-0.25, -0.2) is 4.98 Å². The van der Waals surface area contributed by atoms with Crippen LogP contribution in [0.4, 0.5) is 17.5 Å². The number of nitrogens with two attached hydrogens (primary N) is 2. The van der Waals surface area contributed by atoms with Gasteiger partial charge in [0.1, 0.15) is 0 Å². The molecule has 5 rings (SSSR count). The Bertz CT molecular complexity index is 1370. The third-order valence-corrected chi connectivity index (χ3v) is 6.08. The first-order valence-electron chi connectivity index (χ1n) is 11.3. The van der Waals surface area contributed by atoms with E-state index in [4.69, 9.17) is 16.2 Å². The van der Waals surface area contributed by atoms with Gasteiger partial charge in [0.05, 0.1) is 12.6 Å². The van der Waals surface area contributed by atoms with Crippen molar-refractivity contribution in [2.75, 3.05) is 17.7 Å². The molecule has 3 aromatic heterocycles. The van der Waals surface area contributed by atoms with Crippen molar-refractivity contribution in [3.8, 4) is 11.8 Å². The fourth-order valence-corrected chi connectivity index (χ4v) is 4.29. The number of hydrogen-bond donors (Lipinski definition) is 4. The van der Waals surface area contributed by atoms with Crippen LogP contribution < -0.4 is 26.8 Å². The monoisotopic (exact) mass is 474 g/mol. The predicted octanol–water partition coefficient (Wildman–Crippen LogP) is 2.14. The summed E-state index contributed by atoms with van der Waals surface area (Å²) in [6, 6.07) is 9.33. The first-order valence-corrected chi connectivity index (χ1v) is 11.3. The van der Waals surface area contributed by atoms with Gasteiger partial charge in [-0.3, -0.25) is 9.36 Å². The lowest BCUT2D eigenvalue weighted by atomic mass is 9.91. The summed E-state index contributed by atoms with van der Waals surface area (Å²) < 4.78 is 7.06. The second-order valence-corrected chi connectivity index (χ2v) is 8.34. The van der Waals surface area contributed by atoms with Crippen LogP contribution >= 0.6 is 0 Å². The number of carbonyl (C=O) groups is 1. The molecule has 1 amide bonds. The molecule has 1 saturated carbocycles. The van der Waals surface area contributed by atoms with E-state index in [-0.39, 0.29) is 29.5 Å². The van der Waals surface area contributed by atoms with E-state index in [1.54, 1.807) is 19.4 Å². The highest BCUT2D eigenvalue weighted by molar-refractivity contribution is 5.99. The van der Waals surface area contributed by atoms with Gasteiger partial charge in [0.25, 0.3) is 5.91 Å². The average molecular weight is 475 g/mol. The summed E-state index contributed by atoms with van der Waals surface area (Å²) in [4.78, 5) is 25.3. The number of anilines is 3. The van der Waals surface area contributed by atoms with Gasteiger partial charge in [0.2, 0.25) is 17.8 Å². The summed E-state index contributed by atoms with van der Waals surface area (Å²) >= 11 is 0. The van der Waals surface area contributed by atoms with Crippen molar-refractivity contribution in [1.29, 1.82) is 0 Å². The smallest absolute Gasteiger partial charge is 0.273 e. The predicted molar refractivity (Wildman–Crippen MR) is 131 cm³/mol. The van der Waals surface area contributed by atoms with E-state index >= 15 is 0 Å². The fraction of sp³-hybridized carbons (Fsp3) is 0.304. The number of rotatable bonds is 7. The zero-order valence-electron chi connectivity index (χ0n) is 19.2. The van der Waals surface area contributed by atoms with Gasteiger partial charge in [-0.2, -0.15) is 9.97 Å². The maximum Gasteiger partial charge on any atom is 0.273 e. The van der Waals surface area contributed by atoms with Crippen LogP contribution in [0.5, 0.6) is 5.88 Å². The number of ether oxygens (including phenoxy) is 1. The Morgan fingerprint density at radius 2 is 2.00 bits per heavy atom. The van der Waals surface area contributed by atoms with Crippen molar-refractivity contribution in [2.45, 2.75) is 37.8 Å². The molecule has 3 heterocycles. The van der Waals surface area contributed by atoms with Crippen molar-refractivity contribution < 1.29 is 9.53 Å². The Labute approximate surface area is 201 Å². The van der Waals surface area contributed by atoms with Crippen LogP contribution in [0.25, 0.3) is 16.9 Å². The number of methoxy groups -OCH3 is 1. The molecule has 1 aromatic carbocycles. The highest BCUT2D eigenvalue weighted by Crippen LogP contribution is 2.29. The minimum atomic E-state index is -0.733. The topological polar surface area (TPSA) is 172 Å². The molecular formula is C23H26N10O2. The second-order valence-electron chi connectivity index (χ2n) is 8.34. The SMILES string of the molecule is COc1ccnc(-n2ccc3c(Nc4nc(N[C@@H]5CCCC[C@@H]5N)nnc4C(N)=O)cccc32)n1. The largest absolute Gasteiger partial charge is 0.481 e. The Hall–Kier alpha value is -4.32. The number of primary amides is 1. The summed E-state index contributed by atoms with van der Waals surface area (Å²) in [5.41, 5.74) is 13.3. The highest BCUT2D eigenvalue weighted by Gasteiger charge is 2.24. The molecule has 2 atom stereocenters. The van der Waals surface area contributed by atoms with Crippen LogP contribution in [0.15, 0.2) is 42.7 Å². The lowest BCUT2D eigenvalue weighted by Crippen LogP contribution is -2.43. The summed E-state index contributed by atoms with van der Waals surface area (Å²) in [5.74, 6) is 0.685. The van der Waals surface area contributed by atoms with Gasteiger partial charge in [0.15, 0.2) is 11.5 Å². The Morgan fingerprint density at radius 3 is 2.80 bits per heavy atom. The summed E-state index contributed by atoms with van der Waals surface area (Å²) in [7, 11) is 1.55. The van der Waals surface area contributed by atoms with E-state index in [0.29, 0.717) is 17.5 Å². The van der Waals surface area contributed by atoms with Crippen molar-refractivity contribution in [3.05, 3.63) is 48.4 Å². The summed E-state index contributed by atoms with van der Waals surface area (Å²) in [6.45, 7) is 0. The van der Waals surface area contributed by atoms with Gasteiger partial charge in [0, 0.05) is 41.6 Å².